The molecule has 24 heavy (non-hydrogen) atoms. The summed E-state index contributed by atoms with van der Waals surface area (Å²) in [6, 6.07) is 15.7. The molecule has 4 aromatic heterocycles. The Hall–Kier alpha value is -3.34. The van der Waals surface area contributed by atoms with E-state index in [1.165, 1.54) is 0 Å². The van der Waals surface area contributed by atoms with Crippen molar-refractivity contribution in [3.8, 4) is 34.2 Å². The Labute approximate surface area is 139 Å². The van der Waals surface area contributed by atoms with Crippen LogP contribution in [0.15, 0.2) is 73.3 Å². The van der Waals surface area contributed by atoms with Gasteiger partial charge in [-0.25, -0.2) is 9.97 Å². The molecule has 0 aliphatic rings. The predicted molar refractivity (Wildman–Crippen MR) is 92.9 cm³/mol. The van der Waals surface area contributed by atoms with Crippen LogP contribution < -0.4 is 0 Å². The van der Waals surface area contributed by atoms with Crippen LogP contribution >= 0.6 is 0 Å². The van der Waals surface area contributed by atoms with Crippen molar-refractivity contribution in [1.82, 2.24) is 24.5 Å². The quantitative estimate of drug-likeness (QED) is 0.580. The molecule has 0 amide bonds. The Balaban J connectivity index is 1.93. The topological polar surface area (TPSA) is 56.5 Å². The normalized spacial score (nSPS) is 10.7. The van der Waals surface area contributed by atoms with E-state index in [9.17, 15) is 0 Å². The second kappa shape index (κ2) is 6.04. The van der Waals surface area contributed by atoms with Gasteiger partial charge < -0.3 is 4.57 Å². The third kappa shape index (κ3) is 2.67. The predicted octanol–water partition coefficient (Wildman–Crippen LogP) is 3.61. The highest BCUT2D eigenvalue weighted by atomic mass is 15.0. The third-order valence-electron chi connectivity index (χ3n) is 3.76. The fraction of sp³-hybridized carbons (Fsp3) is 0.0526. The van der Waals surface area contributed by atoms with Gasteiger partial charge in [0, 0.05) is 37.4 Å². The second-order valence-electron chi connectivity index (χ2n) is 5.42. The summed E-state index contributed by atoms with van der Waals surface area (Å²) in [5.74, 6) is 0.810. The van der Waals surface area contributed by atoms with Gasteiger partial charge >= 0.3 is 0 Å². The van der Waals surface area contributed by atoms with Crippen LogP contribution in [0.2, 0.25) is 0 Å². The molecule has 0 aliphatic carbocycles. The molecule has 0 spiro atoms. The maximum absolute atomic E-state index is 4.76. The molecule has 0 atom stereocenters. The molecule has 0 bridgehead atoms. The van der Waals surface area contributed by atoms with Crippen molar-refractivity contribution in [2.45, 2.75) is 0 Å². The van der Waals surface area contributed by atoms with E-state index in [1.807, 2.05) is 66.3 Å². The molecule has 5 heteroatoms. The van der Waals surface area contributed by atoms with E-state index in [4.69, 9.17) is 4.98 Å². The zero-order valence-electron chi connectivity index (χ0n) is 13.2. The number of pyridine rings is 3. The SMILES string of the molecule is Cn1ccnc1-c1cc(-c2ccccn2)cc(-c2ccccn2)n1. The minimum Gasteiger partial charge on any atom is -0.333 e. The lowest BCUT2D eigenvalue weighted by molar-refractivity contribution is 0.918. The standard InChI is InChI=1S/C19H15N5/c1-24-11-10-22-19(24)18-13-14(15-6-2-4-8-20-15)12-17(23-18)16-7-3-5-9-21-16/h2-13H,1H3. The molecule has 0 radical (unpaired) electrons. The number of aromatic nitrogens is 5. The van der Waals surface area contributed by atoms with Gasteiger partial charge in [-0.15, -0.1) is 0 Å². The molecular weight excluding hydrogens is 298 g/mol. The van der Waals surface area contributed by atoms with Crippen molar-refractivity contribution in [1.29, 1.82) is 0 Å². The van der Waals surface area contributed by atoms with Crippen LogP contribution in [0.25, 0.3) is 34.2 Å². The van der Waals surface area contributed by atoms with E-state index in [1.54, 1.807) is 18.6 Å². The maximum atomic E-state index is 4.76. The molecule has 0 saturated heterocycles. The summed E-state index contributed by atoms with van der Waals surface area (Å²) in [6.45, 7) is 0. The minimum absolute atomic E-state index is 0.798. The van der Waals surface area contributed by atoms with Crippen LogP contribution in [0.3, 0.4) is 0 Å². The average Bonchev–Trinajstić information content (AvgIpc) is 3.09. The first kappa shape index (κ1) is 14.3. The molecule has 0 unspecified atom stereocenters. The Morgan fingerprint density at radius 1 is 0.708 bits per heavy atom. The molecule has 4 aromatic rings. The van der Waals surface area contributed by atoms with Gasteiger partial charge in [0.05, 0.1) is 17.1 Å². The number of hydrogen-bond donors (Lipinski definition) is 0. The minimum atomic E-state index is 0.798. The molecule has 0 N–H and O–H groups in total. The Morgan fingerprint density at radius 3 is 2.04 bits per heavy atom. The summed E-state index contributed by atoms with van der Waals surface area (Å²) in [7, 11) is 1.96. The number of nitrogens with zero attached hydrogens (tertiary/aromatic N) is 5. The van der Waals surface area contributed by atoms with Crippen molar-refractivity contribution >= 4 is 0 Å². The summed E-state index contributed by atoms with van der Waals surface area (Å²) in [4.78, 5) is 18.0. The summed E-state index contributed by atoms with van der Waals surface area (Å²) >= 11 is 0. The molecule has 0 saturated carbocycles. The fourth-order valence-electron chi connectivity index (χ4n) is 2.58. The van der Waals surface area contributed by atoms with Crippen molar-refractivity contribution in [3.05, 3.63) is 73.3 Å². The van der Waals surface area contributed by atoms with E-state index in [-0.39, 0.29) is 0 Å². The number of hydrogen-bond acceptors (Lipinski definition) is 4. The lowest BCUT2D eigenvalue weighted by atomic mass is 10.1. The van der Waals surface area contributed by atoms with Gasteiger partial charge in [0.15, 0.2) is 5.82 Å². The Kier molecular flexibility index (Phi) is 3.59. The van der Waals surface area contributed by atoms with E-state index in [0.717, 1.165) is 34.2 Å². The zero-order valence-corrected chi connectivity index (χ0v) is 13.2. The largest absolute Gasteiger partial charge is 0.333 e. The first-order valence-corrected chi connectivity index (χ1v) is 7.64. The Bertz CT molecular complexity index is 904. The first-order valence-electron chi connectivity index (χ1n) is 7.64. The molecule has 4 rings (SSSR count). The maximum Gasteiger partial charge on any atom is 0.158 e. The molecule has 4 heterocycles. The molecular formula is C19H15N5. The van der Waals surface area contributed by atoms with Crippen LogP contribution in [0.5, 0.6) is 0 Å². The first-order chi connectivity index (χ1) is 11.8. The zero-order chi connectivity index (χ0) is 16.4. The van der Waals surface area contributed by atoms with Gasteiger partial charge in [-0.2, -0.15) is 0 Å². The summed E-state index contributed by atoms with van der Waals surface area (Å²) in [5, 5.41) is 0. The van der Waals surface area contributed by atoms with Gasteiger partial charge in [0.25, 0.3) is 0 Å². The molecule has 0 aromatic carbocycles. The number of aryl methyl sites for hydroxylation is 1. The summed E-state index contributed by atoms with van der Waals surface area (Å²) in [5.41, 5.74) is 4.31. The molecule has 116 valence electrons. The van der Waals surface area contributed by atoms with Gasteiger partial charge in [0.1, 0.15) is 5.69 Å². The van der Waals surface area contributed by atoms with Crippen LogP contribution in [0, 0.1) is 0 Å². The van der Waals surface area contributed by atoms with Gasteiger partial charge in [-0.05, 0) is 36.4 Å². The smallest absolute Gasteiger partial charge is 0.158 e. The number of imidazole rings is 1. The lowest BCUT2D eigenvalue weighted by Gasteiger charge is -2.09. The van der Waals surface area contributed by atoms with Crippen LogP contribution in [-0.2, 0) is 7.05 Å². The van der Waals surface area contributed by atoms with Gasteiger partial charge in [-0.1, -0.05) is 12.1 Å². The third-order valence-corrected chi connectivity index (χ3v) is 3.76. The summed E-state index contributed by atoms with van der Waals surface area (Å²) in [6.07, 6.45) is 7.23. The monoisotopic (exact) mass is 313 g/mol. The lowest BCUT2D eigenvalue weighted by Crippen LogP contribution is -1.97. The van der Waals surface area contributed by atoms with Crippen LogP contribution in [0.4, 0.5) is 0 Å². The van der Waals surface area contributed by atoms with Crippen molar-refractivity contribution in [2.75, 3.05) is 0 Å². The highest BCUT2D eigenvalue weighted by Gasteiger charge is 2.12. The van der Waals surface area contributed by atoms with Crippen molar-refractivity contribution in [3.63, 3.8) is 0 Å². The van der Waals surface area contributed by atoms with Crippen LogP contribution in [0.1, 0.15) is 0 Å². The number of rotatable bonds is 3. The van der Waals surface area contributed by atoms with Gasteiger partial charge in [0.2, 0.25) is 0 Å². The highest BCUT2D eigenvalue weighted by molar-refractivity contribution is 5.72. The van der Waals surface area contributed by atoms with Crippen molar-refractivity contribution in [2.24, 2.45) is 7.05 Å². The molecule has 0 aliphatic heterocycles. The molecule has 5 nitrogen and oxygen atoms in total. The molecule has 0 fully saturated rings. The summed E-state index contributed by atoms with van der Waals surface area (Å²) < 4.78 is 1.95. The average molecular weight is 313 g/mol. The Morgan fingerprint density at radius 2 is 1.42 bits per heavy atom. The van der Waals surface area contributed by atoms with E-state index in [0.29, 0.717) is 0 Å². The van der Waals surface area contributed by atoms with Crippen molar-refractivity contribution < 1.29 is 0 Å². The van der Waals surface area contributed by atoms with E-state index in [2.05, 4.69) is 15.0 Å². The fourth-order valence-corrected chi connectivity index (χ4v) is 2.58. The van der Waals surface area contributed by atoms with Crippen LogP contribution in [-0.4, -0.2) is 24.5 Å². The highest BCUT2D eigenvalue weighted by Crippen LogP contribution is 2.27. The van der Waals surface area contributed by atoms with E-state index >= 15 is 0 Å². The van der Waals surface area contributed by atoms with E-state index < -0.39 is 0 Å². The van der Waals surface area contributed by atoms with Gasteiger partial charge in [-0.3, -0.25) is 9.97 Å². The second-order valence-corrected chi connectivity index (χ2v) is 5.42.